The van der Waals surface area contributed by atoms with Crippen molar-refractivity contribution in [3.8, 4) is 0 Å². The minimum absolute atomic E-state index is 0. The maximum Gasteiger partial charge on any atom is 0.237 e. The lowest BCUT2D eigenvalue weighted by Crippen LogP contribution is -2.52. The van der Waals surface area contributed by atoms with Crippen molar-refractivity contribution in [2.45, 2.75) is 52.1 Å². The summed E-state index contributed by atoms with van der Waals surface area (Å²) in [6.45, 7) is 10.8. The minimum Gasteiger partial charge on any atom is -0.350 e. The molecular formula is C13H28ClN3O. The lowest BCUT2D eigenvalue weighted by atomic mass is 9.96. The van der Waals surface area contributed by atoms with E-state index in [0.29, 0.717) is 5.92 Å². The number of hydrogen-bond acceptors (Lipinski definition) is 3. The Balaban J connectivity index is 0.00000289. The van der Waals surface area contributed by atoms with E-state index in [0.717, 1.165) is 32.5 Å². The maximum atomic E-state index is 12.0. The summed E-state index contributed by atoms with van der Waals surface area (Å²) < 4.78 is 0. The van der Waals surface area contributed by atoms with E-state index in [9.17, 15) is 4.79 Å². The highest BCUT2D eigenvalue weighted by atomic mass is 35.5. The average Bonchev–Trinajstić information content (AvgIpc) is 2.26. The van der Waals surface area contributed by atoms with Crippen LogP contribution in [0.4, 0.5) is 0 Å². The van der Waals surface area contributed by atoms with Crippen LogP contribution in [0.5, 0.6) is 0 Å². The van der Waals surface area contributed by atoms with Crippen LogP contribution in [0.1, 0.15) is 40.5 Å². The Morgan fingerprint density at radius 1 is 1.39 bits per heavy atom. The van der Waals surface area contributed by atoms with Gasteiger partial charge in [0.05, 0.1) is 6.04 Å². The largest absolute Gasteiger partial charge is 0.350 e. The summed E-state index contributed by atoms with van der Waals surface area (Å²) >= 11 is 0. The van der Waals surface area contributed by atoms with Crippen LogP contribution in [-0.4, -0.2) is 42.0 Å². The van der Waals surface area contributed by atoms with Crippen LogP contribution in [-0.2, 0) is 4.79 Å². The molecule has 1 fully saturated rings. The Morgan fingerprint density at radius 3 is 2.28 bits per heavy atom. The Hall–Kier alpha value is -0.320. The van der Waals surface area contributed by atoms with Crippen molar-refractivity contribution in [1.82, 2.24) is 10.2 Å². The first-order valence-corrected chi connectivity index (χ1v) is 6.59. The number of carbonyl (C=O) groups is 1. The van der Waals surface area contributed by atoms with Crippen LogP contribution in [0.3, 0.4) is 0 Å². The third kappa shape index (κ3) is 5.55. The predicted octanol–water partition coefficient (Wildman–Crippen LogP) is 1.38. The highest BCUT2D eigenvalue weighted by Gasteiger charge is 2.27. The number of nitrogens with two attached hydrogens (primary N) is 1. The summed E-state index contributed by atoms with van der Waals surface area (Å²) in [5, 5.41) is 3.04. The number of likely N-dealkylation sites (tertiary alicyclic amines) is 1. The fraction of sp³-hybridized carbons (Fsp3) is 0.923. The topological polar surface area (TPSA) is 58.4 Å². The molecule has 4 nitrogen and oxygen atoms in total. The number of halogens is 1. The van der Waals surface area contributed by atoms with Crippen molar-refractivity contribution in [1.29, 1.82) is 0 Å². The van der Waals surface area contributed by atoms with Gasteiger partial charge in [-0.1, -0.05) is 0 Å². The second-order valence-electron chi connectivity index (χ2n) is 6.13. The zero-order chi connectivity index (χ0) is 13.1. The van der Waals surface area contributed by atoms with E-state index >= 15 is 0 Å². The Labute approximate surface area is 117 Å². The molecule has 3 N–H and O–H groups in total. The Kier molecular flexibility index (Phi) is 7.18. The number of amides is 1. The third-order valence-electron chi connectivity index (χ3n) is 3.41. The summed E-state index contributed by atoms with van der Waals surface area (Å²) in [5.74, 6) is 0.771. The van der Waals surface area contributed by atoms with Crippen LogP contribution >= 0.6 is 12.4 Å². The molecule has 1 saturated heterocycles. The summed E-state index contributed by atoms with van der Waals surface area (Å²) in [7, 11) is 0. The van der Waals surface area contributed by atoms with Crippen LogP contribution in [0.15, 0.2) is 0 Å². The van der Waals surface area contributed by atoms with Gasteiger partial charge in [0.25, 0.3) is 0 Å². The maximum absolute atomic E-state index is 12.0. The van der Waals surface area contributed by atoms with Gasteiger partial charge in [0.15, 0.2) is 0 Å². The molecule has 0 aliphatic carbocycles. The molecule has 0 radical (unpaired) electrons. The molecule has 0 spiro atoms. The molecule has 0 aromatic rings. The molecule has 1 rings (SSSR count). The van der Waals surface area contributed by atoms with E-state index in [2.05, 4.69) is 10.2 Å². The fourth-order valence-electron chi connectivity index (χ4n) is 2.22. The number of nitrogens with zero attached hydrogens (tertiary/aromatic N) is 1. The lowest BCUT2D eigenvalue weighted by Gasteiger charge is -2.36. The first-order valence-electron chi connectivity index (χ1n) is 6.59. The van der Waals surface area contributed by atoms with Crippen LogP contribution in [0.25, 0.3) is 0 Å². The third-order valence-corrected chi connectivity index (χ3v) is 3.41. The molecule has 0 aromatic heterocycles. The van der Waals surface area contributed by atoms with Gasteiger partial charge in [-0.15, -0.1) is 12.4 Å². The van der Waals surface area contributed by atoms with Gasteiger partial charge in [-0.2, -0.15) is 0 Å². The van der Waals surface area contributed by atoms with Gasteiger partial charge in [-0.05, 0) is 66.1 Å². The molecule has 1 unspecified atom stereocenters. The van der Waals surface area contributed by atoms with Crippen molar-refractivity contribution in [2.75, 3.05) is 19.6 Å². The molecular weight excluding hydrogens is 250 g/mol. The van der Waals surface area contributed by atoms with Gasteiger partial charge in [-0.25, -0.2) is 0 Å². The number of piperidine rings is 1. The molecule has 1 heterocycles. The minimum atomic E-state index is -0.152. The van der Waals surface area contributed by atoms with Gasteiger partial charge in [0.2, 0.25) is 5.91 Å². The summed E-state index contributed by atoms with van der Waals surface area (Å²) in [5.41, 5.74) is 5.52. The van der Waals surface area contributed by atoms with Crippen LogP contribution < -0.4 is 11.1 Å². The number of carbonyl (C=O) groups excluding carboxylic acids is 1. The van der Waals surface area contributed by atoms with Crippen molar-refractivity contribution in [3.05, 3.63) is 0 Å². The summed E-state index contributed by atoms with van der Waals surface area (Å²) in [6, 6.07) is -0.0343. The normalized spacial score (nSPS) is 20.1. The first-order chi connectivity index (χ1) is 7.83. The van der Waals surface area contributed by atoms with Gasteiger partial charge < -0.3 is 11.1 Å². The quantitative estimate of drug-likeness (QED) is 0.819. The van der Waals surface area contributed by atoms with E-state index in [1.54, 1.807) is 0 Å². The number of nitrogens with one attached hydrogen (secondary N) is 1. The number of rotatable bonds is 3. The molecule has 108 valence electrons. The smallest absolute Gasteiger partial charge is 0.237 e. The molecule has 0 bridgehead atoms. The second kappa shape index (κ2) is 7.31. The molecule has 1 atom stereocenters. The monoisotopic (exact) mass is 277 g/mol. The zero-order valence-electron chi connectivity index (χ0n) is 12.0. The first kappa shape index (κ1) is 17.7. The molecule has 1 aliphatic rings. The van der Waals surface area contributed by atoms with E-state index < -0.39 is 0 Å². The van der Waals surface area contributed by atoms with E-state index in [1.807, 2.05) is 27.7 Å². The molecule has 1 aliphatic heterocycles. The van der Waals surface area contributed by atoms with Crippen molar-refractivity contribution in [2.24, 2.45) is 11.7 Å². The molecule has 18 heavy (non-hydrogen) atoms. The van der Waals surface area contributed by atoms with Gasteiger partial charge in [-0.3, -0.25) is 9.69 Å². The fourth-order valence-corrected chi connectivity index (χ4v) is 2.22. The van der Waals surface area contributed by atoms with Gasteiger partial charge in [0.1, 0.15) is 0 Å². The molecule has 0 saturated carbocycles. The van der Waals surface area contributed by atoms with Crippen molar-refractivity contribution in [3.63, 3.8) is 0 Å². The van der Waals surface area contributed by atoms with Gasteiger partial charge >= 0.3 is 0 Å². The van der Waals surface area contributed by atoms with E-state index in [-0.39, 0.29) is 29.9 Å². The highest BCUT2D eigenvalue weighted by molar-refractivity contribution is 5.85. The summed E-state index contributed by atoms with van der Waals surface area (Å²) in [6.07, 6.45) is 2.23. The van der Waals surface area contributed by atoms with Crippen molar-refractivity contribution >= 4 is 18.3 Å². The Morgan fingerprint density at radius 2 is 1.89 bits per heavy atom. The molecule has 0 aromatic carbocycles. The highest BCUT2D eigenvalue weighted by Crippen LogP contribution is 2.18. The van der Waals surface area contributed by atoms with Crippen molar-refractivity contribution < 1.29 is 4.79 Å². The van der Waals surface area contributed by atoms with E-state index in [1.165, 1.54) is 0 Å². The SMILES string of the molecule is CC(C(=O)NC(C)(C)C)N1CCC(CN)CC1.Cl. The van der Waals surface area contributed by atoms with Crippen LogP contribution in [0, 0.1) is 5.92 Å². The standard InChI is InChI=1S/C13H27N3O.ClH/c1-10(12(17)15-13(2,3)4)16-7-5-11(9-14)6-8-16;/h10-11H,5-9,14H2,1-4H3,(H,15,17);1H. The number of hydrogen-bond donors (Lipinski definition) is 2. The summed E-state index contributed by atoms with van der Waals surface area (Å²) in [4.78, 5) is 14.3. The van der Waals surface area contributed by atoms with Gasteiger partial charge in [0, 0.05) is 5.54 Å². The molecule has 1 amide bonds. The second-order valence-corrected chi connectivity index (χ2v) is 6.13. The van der Waals surface area contributed by atoms with Crippen LogP contribution in [0.2, 0.25) is 0 Å². The zero-order valence-corrected chi connectivity index (χ0v) is 12.8. The molecule has 5 heteroatoms. The predicted molar refractivity (Wildman–Crippen MR) is 78.0 cm³/mol. The lowest BCUT2D eigenvalue weighted by molar-refractivity contribution is -0.127. The Bertz CT molecular complexity index is 257. The van der Waals surface area contributed by atoms with E-state index in [4.69, 9.17) is 5.73 Å². The average molecular weight is 278 g/mol.